The van der Waals surface area contributed by atoms with Gasteiger partial charge in [0.1, 0.15) is 5.82 Å². The number of hydrazone groups is 1. The molecule has 3 amide bonds. The fourth-order valence-corrected chi connectivity index (χ4v) is 3.67. The zero-order valence-electron chi connectivity index (χ0n) is 19.6. The Morgan fingerprint density at radius 2 is 1.84 bits per heavy atom. The third-order valence-corrected chi connectivity index (χ3v) is 5.76. The minimum Gasteiger partial charge on any atom is -0.493 e. The lowest BCUT2D eigenvalue weighted by atomic mass is 10.2. The highest BCUT2D eigenvalue weighted by Crippen LogP contribution is 2.36. The van der Waals surface area contributed by atoms with Crippen molar-refractivity contribution in [3.63, 3.8) is 0 Å². The molecule has 0 heterocycles. The zero-order chi connectivity index (χ0) is 26.9. The first-order valence-electron chi connectivity index (χ1n) is 10.6. The number of halogens is 3. The van der Waals surface area contributed by atoms with Crippen molar-refractivity contribution in [2.75, 3.05) is 24.4 Å². The van der Waals surface area contributed by atoms with Crippen LogP contribution in [0.4, 0.5) is 15.8 Å². The van der Waals surface area contributed by atoms with Gasteiger partial charge < -0.3 is 20.1 Å². The van der Waals surface area contributed by atoms with Crippen LogP contribution >= 0.6 is 27.5 Å². The Balaban J connectivity index is 1.59. The monoisotopic (exact) mass is 590 g/mol. The summed E-state index contributed by atoms with van der Waals surface area (Å²) in [5.41, 5.74) is 3.82. The topological polar surface area (TPSA) is 118 Å². The number of amides is 3. The Morgan fingerprint density at radius 1 is 1.08 bits per heavy atom. The number of nitrogens with one attached hydrogen (secondary N) is 3. The Labute approximate surface area is 225 Å². The number of benzene rings is 3. The average molecular weight is 592 g/mol. The molecule has 0 radical (unpaired) electrons. The van der Waals surface area contributed by atoms with Crippen LogP contribution in [0.1, 0.15) is 11.1 Å². The zero-order valence-corrected chi connectivity index (χ0v) is 21.9. The predicted molar refractivity (Wildman–Crippen MR) is 142 cm³/mol. The van der Waals surface area contributed by atoms with Gasteiger partial charge in [0.2, 0.25) is 0 Å². The van der Waals surface area contributed by atoms with Crippen LogP contribution in [0.5, 0.6) is 11.5 Å². The normalized spacial score (nSPS) is 10.6. The summed E-state index contributed by atoms with van der Waals surface area (Å²) in [6, 6.07) is 13.7. The minimum atomic E-state index is -1.09. The Kier molecular flexibility index (Phi) is 9.58. The van der Waals surface area contributed by atoms with Crippen molar-refractivity contribution in [2.45, 2.75) is 6.92 Å². The SMILES string of the molecule is COc1cc(/C=N\NC(=O)C(=O)Nc2ccccc2F)cc(Br)c1OCC(=O)Nc1ccc(C)c(Cl)c1. The van der Waals surface area contributed by atoms with E-state index in [0.29, 0.717) is 20.7 Å². The first-order chi connectivity index (χ1) is 17.7. The molecule has 0 aliphatic rings. The number of para-hydroxylation sites is 1. The summed E-state index contributed by atoms with van der Waals surface area (Å²) in [5, 5.41) is 9.11. The van der Waals surface area contributed by atoms with Crippen molar-refractivity contribution >= 4 is 62.8 Å². The molecule has 0 saturated carbocycles. The smallest absolute Gasteiger partial charge is 0.329 e. The number of hydrogen-bond donors (Lipinski definition) is 3. The molecule has 9 nitrogen and oxygen atoms in total. The van der Waals surface area contributed by atoms with Crippen molar-refractivity contribution in [1.29, 1.82) is 0 Å². The second-order valence-electron chi connectivity index (χ2n) is 7.47. The number of carbonyl (C=O) groups is 3. The molecule has 3 N–H and O–H groups in total. The third-order valence-electron chi connectivity index (χ3n) is 4.76. The fourth-order valence-electron chi connectivity index (χ4n) is 2.92. The van der Waals surface area contributed by atoms with E-state index in [1.807, 2.05) is 6.92 Å². The Morgan fingerprint density at radius 3 is 2.54 bits per heavy atom. The van der Waals surface area contributed by atoms with Gasteiger partial charge in [-0.3, -0.25) is 14.4 Å². The quantitative estimate of drug-likeness (QED) is 0.200. The first-order valence-corrected chi connectivity index (χ1v) is 11.8. The highest BCUT2D eigenvalue weighted by atomic mass is 79.9. The number of carbonyl (C=O) groups excluding carboxylic acids is 3. The molecule has 0 fully saturated rings. The summed E-state index contributed by atoms with van der Waals surface area (Å²) < 4.78 is 25.0. The summed E-state index contributed by atoms with van der Waals surface area (Å²) in [6.45, 7) is 1.55. The molecule has 0 unspecified atom stereocenters. The molecule has 12 heteroatoms. The van der Waals surface area contributed by atoms with Crippen LogP contribution in [0.2, 0.25) is 5.02 Å². The summed E-state index contributed by atoms with van der Waals surface area (Å²) in [6.07, 6.45) is 1.26. The maximum Gasteiger partial charge on any atom is 0.329 e. The van der Waals surface area contributed by atoms with Gasteiger partial charge in [-0.05, 0) is 70.4 Å². The van der Waals surface area contributed by atoms with Crippen molar-refractivity contribution in [3.05, 3.63) is 81.0 Å². The van der Waals surface area contributed by atoms with Crippen molar-refractivity contribution in [3.8, 4) is 11.5 Å². The van der Waals surface area contributed by atoms with Gasteiger partial charge in [0, 0.05) is 10.7 Å². The second-order valence-corrected chi connectivity index (χ2v) is 8.73. The van der Waals surface area contributed by atoms with Crippen molar-refractivity contribution < 1.29 is 28.2 Å². The highest BCUT2D eigenvalue weighted by molar-refractivity contribution is 9.10. The van der Waals surface area contributed by atoms with Crippen LogP contribution < -0.4 is 25.5 Å². The predicted octanol–water partition coefficient (Wildman–Crippen LogP) is 4.66. The van der Waals surface area contributed by atoms with Gasteiger partial charge in [-0.1, -0.05) is 29.8 Å². The molecule has 37 heavy (non-hydrogen) atoms. The number of hydrogen-bond acceptors (Lipinski definition) is 6. The number of rotatable bonds is 8. The van der Waals surface area contributed by atoms with E-state index in [1.54, 1.807) is 30.3 Å². The molecule has 3 aromatic carbocycles. The number of aryl methyl sites for hydroxylation is 1. The molecule has 0 saturated heterocycles. The van der Waals surface area contributed by atoms with Gasteiger partial charge in [-0.2, -0.15) is 5.10 Å². The van der Waals surface area contributed by atoms with Crippen molar-refractivity contribution in [1.82, 2.24) is 5.43 Å². The molecule has 3 aromatic rings. The van der Waals surface area contributed by atoms with Crippen LogP contribution in [0, 0.1) is 12.7 Å². The number of nitrogens with zero attached hydrogens (tertiary/aromatic N) is 1. The molecule has 0 aliphatic carbocycles. The lowest BCUT2D eigenvalue weighted by Crippen LogP contribution is -2.32. The molecule has 3 rings (SSSR count). The fraction of sp³-hybridized carbons (Fsp3) is 0.120. The van der Waals surface area contributed by atoms with E-state index in [2.05, 4.69) is 37.1 Å². The molecule has 0 aliphatic heterocycles. The molecular formula is C25H21BrClFN4O5. The highest BCUT2D eigenvalue weighted by Gasteiger charge is 2.16. The molecule has 0 atom stereocenters. The van der Waals surface area contributed by atoms with E-state index in [9.17, 15) is 18.8 Å². The van der Waals surface area contributed by atoms with E-state index in [4.69, 9.17) is 21.1 Å². The number of anilines is 2. The standard InChI is InChI=1S/C25H21BrClFN4O5/c1-14-7-8-16(11-18(14)27)30-22(33)13-37-23-17(26)9-15(10-21(23)36-2)12-29-32-25(35)24(34)31-20-6-4-3-5-19(20)28/h3-12H,13H2,1-2H3,(H,30,33)(H,31,34)(H,32,35)/b29-12-. The summed E-state index contributed by atoms with van der Waals surface area (Å²) >= 11 is 9.44. The lowest BCUT2D eigenvalue weighted by molar-refractivity contribution is -0.136. The van der Waals surface area contributed by atoms with E-state index >= 15 is 0 Å². The second kappa shape index (κ2) is 12.8. The van der Waals surface area contributed by atoms with Gasteiger partial charge >= 0.3 is 11.8 Å². The molecule has 0 aromatic heterocycles. The van der Waals surface area contributed by atoms with Crippen molar-refractivity contribution in [2.24, 2.45) is 5.10 Å². The molecule has 192 valence electrons. The van der Waals surface area contributed by atoms with E-state index in [-0.39, 0.29) is 23.8 Å². The van der Waals surface area contributed by atoms with E-state index in [0.717, 1.165) is 11.6 Å². The van der Waals surface area contributed by atoms with E-state index in [1.165, 1.54) is 31.5 Å². The van der Waals surface area contributed by atoms with Crippen LogP contribution in [-0.2, 0) is 14.4 Å². The summed E-state index contributed by atoms with van der Waals surface area (Å²) in [4.78, 5) is 36.2. The van der Waals surface area contributed by atoms with E-state index < -0.39 is 23.5 Å². The first kappa shape index (κ1) is 27.6. The molecule has 0 bridgehead atoms. The molecule has 0 spiro atoms. The Hall–Kier alpha value is -3.96. The average Bonchev–Trinajstić information content (AvgIpc) is 2.86. The van der Waals surface area contributed by atoms with Gasteiger partial charge in [0.15, 0.2) is 18.1 Å². The van der Waals surface area contributed by atoms with Gasteiger partial charge in [0.25, 0.3) is 5.91 Å². The lowest BCUT2D eigenvalue weighted by Gasteiger charge is -2.13. The maximum absolute atomic E-state index is 13.6. The third kappa shape index (κ3) is 7.76. The number of ether oxygens (including phenoxy) is 2. The number of methoxy groups -OCH3 is 1. The van der Waals surface area contributed by atoms with Gasteiger partial charge in [-0.25, -0.2) is 9.82 Å². The van der Waals surface area contributed by atoms with Gasteiger partial charge in [0.05, 0.1) is 23.5 Å². The minimum absolute atomic E-state index is 0.132. The van der Waals surface area contributed by atoms with Gasteiger partial charge in [-0.15, -0.1) is 0 Å². The summed E-state index contributed by atoms with van der Waals surface area (Å²) in [7, 11) is 1.42. The Bertz CT molecular complexity index is 1370. The molecular weight excluding hydrogens is 571 g/mol. The van der Waals surface area contributed by atoms with Crippen LogP contribution in [0.25, 0.3) is 0 Å². The largest absolute Gasteiger partial charge is 0.493 e. The van der Waals surface area contributed by atoms with Crippen LogP contribution in [0.3, 0.4) is 0 Å². The van der Waals surface area contributed by atoms with Crippen LogP contribution in [-0.4, -0.2) is 37.7 Å². The maximum atomic E-state index is 13.6. The van der Waals surface area contributed by atoms with Crippen LogP contribution in [0.15, 0.2) is 64.2 Å². The summed E-state index contributed by atoms with van der Waals surface area (Å²) in [5.74, 6) is -2.71.